The highest BCUT2D eigenvalue weighted by atomic mass is 32.2. The summed E-state index contributed by atoms with van der Waals surface area (Å²) in [4.78, 5) is 9.33. The van der Waals surface area contributed by atoms with Gasteiger partial charge in [-0.05, 0) is 104 Å². The maximum Gasteiger partial charge on any atom is 0.294 e. The fourth-order valence-electron chi connectivity index (χ4n) is 4.31. The van der Waals surface area contributed by atoms with E-state index >= 15 is 0 Å². The summed E-state index contributed by atoms with van der Waals surface area (Å²) in [5.41, 5.74) is 8.11. The number of azo groups is 1. The van der Waals surface area contributed by atoms with Crippen LogP contribution in [0, 0.1) is 20.8 Å². The Hall–Kier alpha value is -3.83. The maximum absolute atomic E-state index is 11.6. The van der Waals surface area contributed by atoms with E-state index in [9.17, 15) is 13.0 Å². The summed E-state index contributed by atoms with van der Waals surface area (Å²) in [7, 11) is -4.29. The summed E-state index contributed by atoms with van der Waals surface area (Å²) in [6, 6.07) is 22.6. The topological polar surface area (TPSA) is 105 Å². The van der Waals surface area contributed by atoms with Crippen LogP contribution in [-0.2, 0) is 10.1 Å². The molecule has 0 saturated carbocycles. The van der Waals surface area contributed by atoms with Gasteiger partial charge >= 0.3 is 0 Å². The van der Waals surface area contributed by atoms with Gasteiger partial charge in [0.2, 0.25) is 0 Å². The lowest BCUT2D eigenvalue weighted by molar-refractivity contribution is 0.483. The van der Waals surface area contributed by atoms with Gasteiger partial charge in [0.15, 0.2) is 0 Å². The van der Waals surface area contributed by atoms with E-state index < -0.39 is 10.1 Å². The molecule has 0 aliphatic carbocycles. The van der Waals surface area contributed by atoms with Gasteiger partial charge in [0.05, 0.1) is 36.7 Å². The van der Waals surface area contributed by atoms with Crippen LogP contribution in [0.3, 0.4) is 0 Å². The lowest BCUT2D eigenvalue weighted by Gasteiger charge is -2.01. The number of nitrogens with zero attached hydrogens (tertiary/aromatic N) is 4. The van der Waals surface area contributed by atoms with E-state index in [0.717, 1.165) is 37.0 Å². The zero-order valence-corrected chi connectivity index (χ0v) is 23.7. The second kappa shape index (κ2) is 9.73. The fraction of sp³-hybridized carbons (Fsp3) is 0.103. The Morgan fingerprint density at radius 1 is 0.641 bits per heavy atom. The molecule has 0 spiro atoms. The predicted molar refractivity (Wildman–Crippen MR) is 158 cm³/mol. The minimum absolute atomic E-state index is 0.0979. The van der Waals surface area contributed by atoms with E-state index in [2.05, 4.69) is 41.2 Å². The molecule has 4 aromatic carbocycles. The summed E-state index contributed by atoms with van der Waals surface area (Å²) in [5.74, 6) is 0. The monoisotopic (exact) mass is 570 g/mol. The molecule has 0 fully saturated rings. The molecule has 0 saturated heterocycles. The van der Waals surface area contributed by atoms with E-state index in [1.807, 2.05) is 48.5 Å². The Kier molecular flexibility index (Phi) is 6.35. The maximum atomic E-state index is 11.6. The van der Waals surface area contributed by atoms with E-state index in [0.29, 0.717) is 16.8 Å². The van der Waals surface area contributed by atoms with Crippen LogP contribution in [0.15, 0.2) is 87.9 Å². The third kappa shape index (κ3) is 4.87. The Morgan fingerprint density at radius 3 is 1.59 bits per heavy atom. The van der Waals surface area contributed by atoms with Crippen LogP contribution < -0.4 is 0 Å². The summed E-state index contributed by atoms with van der Waals surface area (Å²) in [6.45, 7) is 5.93. The zero-order chi connectivity index (χ0) is 27.3. The fourth-order valence-corrected chi connectivity index (χ4v) is 7.30. The quantitative estimate of drug-likeness (QED) is 0.165. The first-order valence-electron chi connectivity index (χ1n) is 12.0. The zero-order valence-electron chi connectivity index (χ0n) is 21.2. The smallest absolute Gasteiger partial charge is 0.282 e. The van der Waals surface area contributed by atoms with Gasteiger partial charge in [-0.25, -0.2) is 9.97 Å². The molecule has 0 radical (unpaired) electrons. The minimum atomic E-state index is -4.29. The summed E-state index contributed by atoms with van der Waals surface area (Å²) < 4.78 is 34.7. The van der Waals surface area contributed by atoms with Gasteiger partial charge in [0.25, 0.3) is 10.1 Å². The molecule has 0 atom stereocenters. The first-order chi connectivity index (χ1) is 18.7. The number of hydrogen-bond acceptors (Lipinski definition) is 8. The Morgan fingerprint density at radius 2 is 1.10 bits per heavy atom. The number of aryl methyl sites for hydroxylation is 3. The number of aromatic nitrogens is 2. The molecule has 0 bridgehead atoms. The molecule has 0 amide bonds. The Labute approximate surface area is 233 Å². The molecule has 10 heteroatoms. The molecule has 0 unspecified atom stereocenters. The molecule has 2 aromatic heterocycles. The van der Waals surface area contributed by atoms with Gasteiger partial charge in [-0.3, -0.25) is 4.55 Å². The highest BCUT2D eigenvalue weighted by Crippen LogP contribution is 2.36. The highest BCUT2D eigenvalue weighted by Gasteiger charge is 2.18. The van der Waals surface area contributed by atoms with Crippen molar-refractivity contribution < 1.29 is 13.0 Å². The minimum Gasteiger partial charge on any atom is -0.282 e. The van der Waals surface area contributed by atoms with Crippen LogP contribution in [0.2, 0.25) is 0 Å². The molecule has 0 aliphatic rings. The standard InChI is InChI=1S/C29H22N4O3S3/c1-16-4-13-23-26(17(16)2)37-28(30-23)19-5-9-21(10-6-19)32-33-22-11-7-20(8-12-22)29-31-24-14-15-25(39(34,35)36)18(3)27(24)38-29/h4-15H,1-3H3,(H,34,35,36). The second-order valence-corrected chi connectivity index (χ2v) is 12.6. The molecule has 6 aromatic rings. The first-order valence-corrected chi connectivity index (χ1v) is 15.1. The number of thiazole rings is 2. The van der Waals surface area contributed by atoms with Crippen molar-refractivity contribution in [1.29, 1.82) is 0 Å². The molecule has 0 aliphatic heterocycles. The van der Waals surface area contributed by atoms with Crippen molar-refractivity contribution in [3.63, 3.8) is 0 Å². The third-order valence-electron chi connectivity index (χ3n) is 6.62. The summed E-state index contributed by atoms with van der Waals surface area (Å²) in [6.07, 6.45) is 0. The van der Waals surface area contributed by atoms with Gasteiger partial charge in [0.1, 0.15) is 10.0 Å². The normalized spacial score (nSPS) is 12.2. The second-order valence-electron chi connectivity index (χ2n) is 9.20. The van der Waals surface area contributed by atoms with Crippen molar-refractivity contribution in [2.45, 2.75) is 25.7 Å². The third-order valence-corrected chi connectivity index (χ3v) is 10.1. The number of fused-ring (bicyclic) bond motifs is 2. The van der Waals surface area contributed by atoms with Crippen LogP contribution >= 0.6 is 22.7 Å². The van der Waals surface area contributed by atoms with Crippen LogP contribution in [0.25, 0.3) is 41.6 Å². The Balaban J connectivity index is 1.20. The van der Waals surface area contributed by atoms with Gasteiger partial charge in [-0.2, -0.15) is 18.6 Å². The molecule has 7 nitrogen and oxygen atoms in total. The molecular formula is C29H22N4O3S3. The van der Waals surface area contributed by atoms with E-state index in [1.54, 1.807) is 24.3 Å². The molecule has 1 N–H and O–H groups in total. The molecule has 2 heterocycles. The molecular weight excluding hydrogens is 549 g/mol. The SMILES string of the molecule is Cc1ccc2nc(-c3ccc(N=Nc4ccc(-c5nc6ccc(S(=O)(=O)O)c(C)c6s5)cc4)cc3)sc2c1C. The molecule has 6 rings (SSSR count). The van der Waals surface area contributed by atoms with Gasteiger partial charge < -0.3 is 0 Å². The van der Waals surface area contributed by atoms with Crippen molar-refractivity contribution in [2.75, 3.05) is 0 Å². The van der Waals surface area contributed by atoms with Crippen molar-refractivity contribution in [1.82, 2.24) is 9.97 Å². The van der Waals surface area contributed by atoms with Gasteiger partial charge in [0, 0.05) is 11.1 Å². The van der Waals surface area contributed by atoms with Gasteiger partial charge in [-0.15, -0.1) is 22.7 Å². The predicted octanol–water partition coefficient (Wildman–Crippen LogP) is 8.83. The number of hydrogen-bond donors (Lipinski definition) is 1. The lowest BCUT2D eigenvalue weighted by atomic mass is 10.1. The largest absolute Gasteiger partial charge is 0.294 e. The van der Waals surface area contributed by atoms with E-state index in [4.69, 9.17) is 4.98 Å². The van der Waals surface area contributed by atoms with Gasteiger partial charge in [-0.1, -0.05) is 6.07 Å². The van der Waals surface area contributed by atoms with Crippen LogP contribution in [0.5, 0.6) is 0 Å². The summed E-state index contributed by atoms with van der Waals surface area (Å²) in [5, 5.41) is 10.5. The highest BCUT2D eigenvalue weighted by molar-refractivity contribution is 7.86. The average Bonchev–Trinajstić information content (AvgIpc) is 3.56. The van der Waals surface area contributed by atoms with Crippen molar-refractivity contribution in [3.05, 3.63) is 89.5 Å². The number of benzene rings is 4. The average molecular weight is 571 g/mol. The summed E-state index contributed by atoms with van der Waals surface area (Å²) >= 11 is 3.08. The van der Waals surface area contributed by atoms with E-state index in [-0.39, 0.29) is 4.90 Å². The van der Waals surface area contributed by atoms with Crippen LogP contribution in [-0.4, -0.2) is 22.9 Å². The number of rotatable bonds is 5. The lowest BCUT2D eigenvalue weighted by Crippen LogP contribution is -2.00. The van der Waals surface area contributed by atoms with Crippen molar-refractivity contribution in [2.24, 2.45) is 10.2 Å². The first kappa shape index (κ1) is 25.4. The van der Waals surface area contributed by atoms with Crippen LogP contribution in [0.4, 0.5) is 11.4 Å². The van der Waals surface area contributed by atoms with Crippen LogP contribution in [0.1, 0.15) is 16.7 Å². The Bertz CT molecular complexity index is 2010. The molecule has 194 valence electrons. The van der Waals surface area contributed by atoms with E-state index in [1.165, 1.54) is 33.2 Å². The molecule has 39 heavy (non-hydrogen) atoms. The van der Waals surface area contributed by atoms with Crippen molar-refractivity contribution >= 4 is 64.6 Å². The van der Waals surface area contributed by atoms with Crippen molar-refractivity contribution in [3.8, 4) is 21.1 Å².